The molecular weight excluding hydrogens is 256 g/mol. The van der Waals surface area contributed by atoms with Gasteiger partial charge in [-0.25, -0.2) is 4.68 Å². The van der Waals surface area contributed by atoms with E-state index < -0.39 is 0 Å². The van der Waals surface area contributed by atoms with Gasteiger partial charge in [0.1, 0.15) is 0 Å². The number of aromatic nitrogens is 2. The third-order valence-corrected chi connectivity index (χ3v) is 4.37. The summed E-state index contributed by atoms with van der Waals surface area (Å²) in [5.74, 6) is 0. The van der Waals surface area contributed by atoms with Crippen LogP contribution in [0, 0.1) is 12.3 Å². The van der Waals surface area contributed by atoms with Gasteiger partial charge in [0.2, 0.25) is 0 Å². The number of alkyl halides is 1. The van der Waals surface area contributed by atoms with E-state index in [0.717, 1.165) is 17.6 Å². The SMILES string of the molecule is Cc1ccc(=O)n(CC2(CBr)CCC2)n1. The van der Waals surface area contributed by atoms with Gasteiger partial charge in [-0.2, -0.15) is 5.10 Å². The van der Waals surface area contributed by atoms with Crippen molar-refractivity contribution in [2.24, 2.45) is 5.41 Å². The normalized spacial score (nSPS) is 18.5. The number of aryl methyl sites for hydroxylation is 1. The highest BCUT2D eigenvalue weighted by molar-refractivity contribution is 9.09. The first-order valence-electron chi connectivity index (χ1n) is 5.26. The summed E-state index contributed by atoms with van der Waals surface area (Å²) in [4.78, 5) is 11.6. The molecule has 1 aliphatic carbocycles. The summed E-state index contributed by atoms with van der Waals surface area (Å²) in [5, 5.41) is 5.23. The second kappa shape index (κ2) is 4.08. The van der Waals surface area contributed by atoms with Gasteiger partial charge < -0.3 is 0 Å². The average molecular weight is 271 g/mol. The van der Waals surface area contributed by atoms with Crippen LogP contribution in [0.1, 0.15) is 25.0 Å². The Morgan fingerprint density at radius 2 is 2.27 bits per heavy atom. The summed E-state index contributed by atoms with van der Waals surface area (Å²) in [6.07, 6.45) is 3.66. The van der Waals surface area contributed by atoms with E-state index in [1.807, 2.05) is 6.92 Å². The fraction of sp³-hybridized carbons (Fsp3) is 0.636. The lowest BCUT2D eigenvalue weighted by molar-refractivity contribution is 0.131. The Morgan fingerprint density at radius 1 is 1.53 bits per heavy atom. The molecule has 0 atom stereocenters. The van der Waals surface area contributed by atoms with Crippen LogP contribution in [0.3, 0.4) is 0 Å². The van der Waals surface area contributed by atoms with Gasteiger partial charge >= 0.3 is 0 Å². The number of nitrogens with zero attached hydrogens (tertiary/aromatic N) is 2. The molecule has 0 aromatic carbocycles. The van der Waals surface area contributed by atoms with Crippen LogP contribution >= 0.6 is 15.9 Å². The van der Waals surface area contributed by atoms with E-state index in [0.29, 0.717) is 0 Å². The van der Waals surface area contributed by atoms with Crippen molar-refractivity contribution in [2.75, 3.05) is 5.33 Å². The van der Waals surface area contributed by atoms with Crippen LogP contribution in [0.5, 0.6) is 0 Å². The van der Waals surface area contributed by atoms with E-state index in [1.54, 1.807) is 16.8 Å². The molecule has 82 valence electrons. The molecule has 1 heterocycles. The average Bonchev–Trinajstić information content (AvgIpc) is 2.17. The highest BCUT2D eigenvalue weighted by atomic mass is 79.9. The highest BCUT2D eigenvalue weighted by Crippen LogP contribution is 2.43. The van der Waals surface area contributed by atoms with Crippen molar-refractivity contribution in [2.45, 2.75) is 32.7 Å². The summed E-state index contributed by atoms with van der Waals surface area (Å²) in [6, 6.07) is 3.36. The Kier molecular flexibility index (Phi) is 2.96. The summed E-state index contributed by atoms with van der Waals surface area (Å²) in [6.45, 7) is 2.66. The Morgan fingerprint density at radius 3 is 2.80 bits per heavy atom. The third kappa shape index (κ3) is 2.14. The quantitative estimate of drug-likeness (QED) is 0.789. The van der Waals surface area contributed by atoms with E-state index in [1.165, 1.54) is 19.3 Å². The maximum atomic E-state index is 11.6. The Balaban J connectivity index is 2.23. The van der Waals surface area contributed by atoms with Crippen molar-refractivity contribution in [1.82, 2.24) is 9.78 Å². The standard InChI is InChI=1S/C11H15BrN2O/c1-9-3-4-10(15)14(13-9)8-11(7-12)5-2-6-11/h3-4H,2,5-8H2,1H3. The van der Waals surface area contributed by atoms with E-state index in [4.69, 9.17) is 0 Å². The van der Waals surface area contributed by atoms with Crippen LogP contribution in [-0.4, -0.2) is 15.1 Å². The Hall–Kier alpha value is -0.640. The van der Waals surface area contributed by atoms with Gasteiger partial charge in [0.05, 0.1) is 12.2 Å². The minimum atomic E-state index is 0.00725. The predicted octanol–water partition coefficient (Wildman–Crippen LogP) is 2.12. The van der Waals surface area contributed by atoms with Crippen LogP contribution in [0.25, 0.3) is 0 Å². The first-order valence-corrected chi connectivity index (χ1v) is 6.38. The molecule has 15 heavy (non-hydrogen) atoms. The van der Waals surface area contributed by atoms with Crippen molar-refractivity contribution >= 4 is 15.9 Å². The molecule has 0 aliphatic heterocycles. The summed E-state index contributed by atoms with van der Waals surface area (Å²) >= 11 is 3.54. The molecule has 1 fully saturated rings. The van der Waals surface area contributed by atoms with Crippen LogP contribution in [0.4, 0.5) is 0 Å². The van der Waals surface area contributed by atoms with Gasteiger partial charge in [-0.05, 0) is 31.2 Å². The molecule has 2 rings (SSSR count). The third-order valence-electron chi connectivity index (χ3n) is 3.18. The maximum absolute atomic E-state index is 11.6. The number of hydrogen-bond donors (Lipinski definition) is 0. The molecule has 0 saturated heterocycles. The second-order valence-electron chi connectivity index (χ2n) is 4.46. The van der Waals surface area contributed by atoms with E-state index >= 15 is 0 Å². The van der Waals surface area contributed by atoms with Crippen molar-refractivity contribution in [3.63, 3.8) is 0 Å². The van der Waals surface area contributed by atoms with Crippen LogP contribution in [0.15, 0.2) is 16.9 Å². The molecule has 0 radical (unpaired) electrons. The van der Waals surface area contributed by atoms with E-state index in [2.05, 4.69) is 21.0 Å². The lowest BCUT2D eigenvalue weighted by Gasteiger charge is -2.40. The number of halogens is 1. The molecule has 1 aromatic rings. The zero-order valence-electron chi connectivity index (χ0n) is 8.87. The van der Waals surface area contributed by atoms with E-state index in [9.17, 15) is 4.79 Å². The fourth-order valence-corrected chi connectivity index (χ4v) is 2.73. The van der Waals surface area contributed by atoms with Gasteiger partial charge in [0.15, 0.2) is 0 Å². The van der Waals surface area contributed by atoms with Gasteiger partial charge in [0.25, 0.3) is 5.56 Å². The lowest BCUT2D eigenvalue weighted by Crippen LogP contribution is -2.39. The molecule has 3 nitrogen and oxygen atoms in total. The first kappa shape index (κ1) is 10.9. The number of hydrogen-bond acceptors (Lipinski definition) is 2. The minimum absolute atomic E-state index is 0.00725. The Labute approximate surface area is 97.6 Å². The highest BCUT2D eigenvalue weighted by Gasteiger charge is 2.36. The Bertz CT molecular complexity index is 404. The van der Waals surface area contributed by atoms with E-state index in [-0.39, 0.29) is 11.0 Å². The molecule has 0 amide bonds. The van der Waals surface area contributed by atoms with Crippen LogP contribution in [0.2, 0.25) is 0 Å². The van der Waals surface area contributed by atoms with Crippen molar-refractivity contribution in [3.8, 4) is 0 Å². The molecule has 1 saturated carbocycles. The molecule has 0 N–H and O–H groups in total. The summed E-state index contributed by atoms with van der Waals surface area (Å²) in [7, 11) is 0. The monoisotopic (exact) mass is 270 g/mol. The molecule has 0 spiro atoms. The van der Waals surface area contributed by atoms with Gasteiger partial charge in [0, 0.05) is 11.4 Å². The predicted molar refractivity (Wildman–Crippen MR) is 63.3 cm³/mol. The minimum Gasteiger partial charge on any atom is -0.268 e. The topological polar surface area (TPSA) is 34.9 Å². The van der Waals surface area contributed by atoms with Gasteiger partial charge in [-0.1, -0.05) is 22.4 Å². The maximum Gasteiger partial charge on any atom is 0.266 e. The fourth-order valence-electron chi connectivity index (χ4n) is 1.99. The summed E-state index contributed by atoms with van der Waals surface area (Å²) < 4.78 is 1.61. The molecular formula is C11H15BrN2O. The van der Waals surface area contributed by atoms with Gasteiger partial charge in [-0.15, -0.1) is 0 Å². The van der Waals surface area contributed by atoms with Gasteiger partial charge in [-0.3, -0.25) is 4.79 Å². The summed E-state index contributed by atoms with van der Waals surface area (Å²) in [5.41, 5.74) is 1.18. The lowest BCUT2D eigenvalue weighted by atomic mass is 9.70. The number of rotatable bonds is 3. The molecule has 0 unspecified atom stereocenters. The zero-order valence-corrected chi connectivity index (χ0v) is 10.5. The van der Waals surface area contributed by atoms with Crippen LogP contribution in [-0.2, 0) is 6.54 Å². The smallest absolute Gasteiger partial charge is 0.266 e. The van der Waals surface area contributed by atoms with Crippen molar-refractivity contribution in [1.29, 1.82) is 0 Å². The van der Waals surface area contributed by atoms with Crippen molar-refractivity contribution < 1.29 is 0 Å². The molecule has 1 aliphatic rings. The largest absolute Gasteiger partial charge is 0.268 e. The molecule has 1 aromatic heterocycles. The van der Waals surface area contributed by atoms with Crippen molar-refractivity contribution in [3.05, 3.63) is 28.2 Å². The molecule has 4 heteroatoms. The van der Waals surface area contributed by atoms with Crippen LogP contribution < -0.4 is 5.56 Å². The second-order valence-corrected chi connectivity index (χ2v) is 5.02. The first-order chi connectivity index (χ1) is 7.15. The zero-order chi connectivity index (χ0) is 10.9. The molecule has 0 bridgehead atoms.